The first-order valence-electron chi connectivity index (χ1n) is 20.7. The van der Waals surface area contributed by atoms with Gasteiger partial charge in [-0.2, -0.15) is 0 Å². The summed E-state index contributed by atoms with van der Waals surface area (Å²) in [6.45, 7) is 3.31. The first kappa shape index (κ1) is 52.6. The van der Waals surface area contributed by atoms with E-state index < -0.39 is 32.5 Å². The molecule has 0 aromatic heterocycles. The highest BCUT2D eigenvalue weighted by Crippen LogP contribution is 2.43. The van der Waals surface area contributed by atoms with Crippen molar-refractivity contribution in [3.8, 4) is 0 Å². The van der Waals surface area contributed by atoms with Gasteiger partial charge in [-0.25, -0.2) is 4.57 Å². The van der Waals surface area contributed by atoms with Gasteiger partial charge in [0, 0.05) is 25.8 Å². The minimum absolute atomic E-state index is 0.0269. The number of carbonyl (C=O) groups is 3. The number of carbonyl (C=O) groups excluding carboxylic acids is 3. The molecule has 0 aromatic rings. The summed E-state index contributed by atoms with van der Waals surface area (Å²) in [6.07, 6.45) is 47.1. The van der Waals surface area contributed by atoms with E-state index in [0.29, 0.717) is 25.7 Å². The maximum atomic E-state index is 12.6. The molecule has 10 nitrogen and oxygen atoms in total. The molecular weight excluding hydrogens is 729 g/mol. The Balaban J connectivity index is 4.39. The first-order chi connectivity index (χ1) is 27.2. The Bertz CT molecular complexity index is 1300. The average molecular weight is 802 g/mol. The molecule has 0 bridgehead atoms. The second-order valence-electron chi connectivity index (χ2n) is 13.2. The summed E-state index contributed by atoms with van der Waals surface area (Å²) in [5.41, 5.74) is 5.33. The van der Waals surface area contributed by atoms with E-state index >= 15 is 0 Å². The monoisotopic (exact) mass is 801 g/mol. The van der Waals surface area contributed by atoms with E-state index in [1.54, 1.807) is 12.2 Å². The number of phosphoric acid groups is 1. The van der Waals surface area contributed by atoms with E-state index in [4.69, 9.17) is 24.3 Å². The van der Waals surface area contributed by atoms with Crippen molar-refractivity contribution in [1.82, 2.24) is 0 Å². The van der Waals surface area contributed by atoms with Gasteiger partial charge in [0.2, 0.25) is 0 Å². The molecule has 0 spiro atoms. The van der Waals surface area contributed by atoms with Crippen molar-refractivity contribution in [3.63, 3.8) is 0 Å². The second kappa shape index (κ2) is 39.8. The van der Waals surface area contributed by atoms with Crippen LogP contribution in [-0.2, 0) is 37.5 Å². The zero-order valence-electron chi connectivity index (χ0n) is 34.3. The van der Waals surface area contributed by atoms with Crippen LogP contribution in [0.3, 0.4) is 0 Å². The lowest BCUT2D eigenvalue weighted by Crippen LogP contribution is -2.29. The van der Waals surface area contributed by atoms with Crippen LogP contribution in [0.1, 0.15) is 136 Å². The Labute approximate surface area is 338 Å². The third kappa shape index (κ3) is 38.9. The van der Waals surface area contributed by atoms with Crippen LogP contribution in [0.25, 0.3) is 0 Å². The van der Waals surface area contributed by atoms with Gasteiger partial charge in [0.15, 0.2) is 11.9 Å². The van der Waals surface area contributed by atoms with Gasteiger partial charge in [-0.1, -0.05) is 131 Å². The number of esters is 2. The predicted molar refractivity (Wildman–Crippen MR) is 229 cm³/mol. The molecule has 0 radical (unpaired) electrons. The van der Waals surface area contributed by atoms with Crippen LogP contribution in [0.4, 0.5) is 0 Å². The van der Waals surface area contributed by atoms with Crippen molar-refractivity contribution in [3.05, 3.63) is 97.2 Å². The van der Waals surface area contributed by atoms with Gasteiger partial charge in [0.1, 0.15) is 6.61 Å². The van der Waals surface area contributed by atoms with Crippen LogP contribution in [-0.4, -0.2) is 55.1 Å². The standard InChI is InChI=1S/C45H72NO9P/c1-3-5-7-8-9-10-11-12-13-14-15-16-19-23-26-29-33-37-45(49)55-43(41-54-56(50,51)53-39-38-46)40-52-44(48)36-32-28-25-22-20-17-18-21-24-27-31-35-42(47)34-30-6-4-2/h5,7,9-10,12-13,15-18,22,24-25,27,31,35,43H,3-4,6,8,11,14,19-21,23,26,28-30,32-34,36-41,46H2,1-2H3,(H,50,51)/b7-5-,10-9-,13-12-,16-15-,18-17-,25-22-,27-24-,35-31+/t43-/m1/s1. The molecule has 0 amide bonds. The summed E-state index contributed by atoms with van der Waals surface area (Å²) in [6, 6.07) is 0. The smallest absolute Gasteiger partial charge is 0.462 e. The van der Waals surface area contributed by atoms with E-state index in [-0.39, 0.29) is 38.4 Å². The van der Waals surface area contributed by atoms with Gasteiger partial charge < -0.3 is 20.1 Å². The van der Waals surface area contributed by atoms with Gasteiger partial charge in [-0.3, -0.25) is 23.4 Å². The molecule has 0 aliphatic heterocycles. The van der Waals surface area contributed by atoms with Crippen molar-refractivity contribution >= 4 is 25.5 Å². The molecular formula is C45H72NO9P. The van der Waals surface area contributed by atoms with Crippen LogP contribution >= 0.6 is 7.82 Å². The summed E-state index contributed by atoms with van der Waals surface area (Å²) >= 11 is 0. The van der Waals surface area contributed by atoms with Crippen molar-refractivity contribution in [2.24, 2.45) is 5.73 Å². The molecule has 0 aliphatic carbocycles. The van der Waals surface area contributed by atoms with E-state index in [0.717, 1.165) is 83.5 Å². The Hall–Kier alpha value is -3.40. The largest absolute Gasteiger partial charge is 0.472 e. The maximum absolute atomic E-state index is 12.6. The number of ether oxygens (including phenoxy) is 2. The van der Waals surface area contributed by atoms with E-state index in [1.165, 1.54) is 0 Å². The van der Waals surface area contributed by atoms with Crippen LogP contribution in [0, 0.1) is 0 Å². The molecule has 56 heavy (non-hydrogen) atoms. The number of allylic oxidation sites excluding steroid dienone is 16. The Kier molecular flexibility index (Phi) is 37.4. The van der Waals surface area contributed by atoms with Crippen LogP contribution in [0.2, 0.25) is 0 Å². The molecule has 0 fully saturated rings. The Morgan fingerprint density at radius 3 is 1.79 bits per heavy atom. The number of unbranched alkanes of at least 4 members (excludes halogenated alkanes) is 7. The summed E-state index contributed by atoms with van der Waals surface area (Å²) in [5.74, 6) is -0.804. The van der Waals surface area contributed by atoms with Gasteiger partial charge in [-0.15, -0.1) is 0 Å². The lowest BCUT2D eigenvalue weighted by Gasteiger charge is -2.19. The summed E-state index contributed by atoms with van der Waals surface area (Å²) < 4.78 is 32.6. The van der Waals surface area contributed by atoms with Gasteiger partial charge >= 0.3 is 19.8 Å². The number of rotatable bonds is 37. The first-order valence-corrected chi connectivity index (χ1v) is 22.2. The summed E-state index contributed by atoms with van der Waals surface area (Å²) in [7, 11) is -4.41. The third-order valence-electron chi connectivity index (χ3n) is 7.93. The van der Waals surface area contributed by atoms with Crippen molar-refractivity contribution < 1.29 is 42.4 Å². The number of ketones is 1. The van der Waals surface area contributed by atoms with Crippen LogP contribution in [0.5, 0.6) is 0 Å². The lowest BCUT2D eigenvalue weighted by molar-refractivity contribution is -0.161. The number of hydrogen-bond acceptors (Lipinski definition) is 9. The van der Waals surface area contributed by atoms with Crippen LogP contribution < -0.4 is 5.73 Å². The zero-order chi connectivity index (χ0) is 41.2. The fraction of sp³-hybridized carbons (Fsp3) is 0.578. The molecule has 2 atom stereocenters. The molecule has 1 unspecified atom stereocenters. The molecule has 0 heterocycles. The molecule has 0 saturated heterocycles. The van der Waals surface area contributed by atoms with Crippen molar-refractivity contribution in [2.75, 3.05) is 26.4 Å². The topological polar surface area (TPSA) is 151 Å². The maximum Gasteiger partial charge on any atom is 0.472 e. The van der Waals surface area contributed by atoms with E-state index in [1.807, 2.05) is 24.3 Å². The second-order valence-corrected chi connectivity index (χ2v) is 14.6. The Morgan fingerprint density at radius 1 is 0.607 bits per heavy atom. The summed E-state index contributed by atoms with van der Waals surface area (Å²) in [4.78, 5) is 46.5. The molecule has 0 aliphatic rings. The SMILES string of the molecule is CC/C=C\C/C=C\C/C=C\C/C=C\CCCCCCC(=O)O[C@H](COC(=O)CCC/C=C\C/C=C\C/C=C\C=C\C(=O)CCCCC)COP(=O)(O)OCCN. The van der Waals surface area contributed by atoms with Crippen molar-refractivity contribution in [2.45, 2.75) is 142 Å². The minimum Gasteiger partial charge on any atom is -0.462 e. The highest BCUT2D eigenvalue weighted by molar-refractivity contribution is 7.47. The van der Waals surface area contributed by atoms with Crippen LogP contribution in [0.15, 0.2) is 97.2 Å². The number of nitrogens with two attached hydrogens (primary N) is 1. The highest BCUT2D eigenvalue weighted by atomic mass is 31.2. The molecule has 0 aromatic carbocycles. The number of phosphoric ester groups is 1. The average Bonchev–Trinajstić information content (AvgIpc) is 3.18. The van der Waals surface area contributed by atoms with Gasteiger partial charge in [-0.05, 0) is 83.1 Å². The lowest BCUT2D eigenvalue weighted by atomic mass is 10.1. The summed E-state index contributed by atoms with van der Waals surface area (Å²) in [5, 5.41) is 0. The third-order valence-corrected chi connectivity index (χ3v) is 8.91. The molecule has 11 heteroatoms. The fourth-order valence-electron chi connectivity index (χ4n) is 4.86. The molecule has 3 N–H and O–H groups in total. The Morgan fingerprint density at radius 2 is 1.16 bits per heavy atom. The molecule has 316 valence electrons. The van der Waals surface area contributed by atoms with Gasteiger partial charge in [0.25, 0.3) is 0 Å². The predicted octanol–water partition coefficient (Wildman–Crippen LogP) is 11.0. The van der Waals surface area contributed by atoms with E-state index in [2.05, 4.69) is 74.6 Å². The van der Waals surface area contributed by atoms with Crippen molar-refractivity contribution in [1.29, 1.82) is 0 Å². The quantitative estimate of drug-likeness (QED) is 0.0155. The minimum atomic E-state index is -4.41. The number of hydrogen-bond donors (Lipinski definition) is 2. The molecule has 0 saturated carbocycles. The fourth-order valence-corrected chi connectivity index (χ4v) is 5.63. The highest BCUT2D eigenvalue weighted by Gasteiger charge is 2.25. The van der Waals surface area contributed by atoms with Gasteiger partial charge in [0.05, 0.1) is 13.2 Å². The van der Waals surface area contributed by atoms with E-state index in [9.17, 15) is 23.8 Å². The molecule has 0 rings (SSSR count). The zero-order valence-corrected chi connectivity index (χ0v) is 35.2. The normalized spacial score (nSPS) is 14.2.